The van der Waals surface area contributed by atoms with Crippen LogP contribution in [0.5, 0.6) is 0 Å². The van der Waals surface area contributed by atoms with E-state index in [-0.39, 0.29) is 0 Å². The average Bonchev–Trinajstić information content (AvgIpc) is 3.83. The molecule has 11 aromatic rings. The van der Waals surface area contributed by atoms with Crippen molar-refractivity contribution in [2.24, 2.45) is 0 Å². The Kier molecular flexibility index (Phi) is 6.82. The van der Waals surface area contributed by atoms with Crippen LogP contribution in [0.3, 0.4) is 0 Å². The highest BCUT2D eigenvalue weighted by Gasteiger charge is 2.22. The standard InChI is InChI=1S/C50H32N2O2/c1-3-14-33(15-4-1)51(34-16-5-2-6-17-34)35-26-28-36(29-27-35)52(45-23-13-22-42-40-19-9-11-24-46(40)53-49(42)45)37-30-31-39-38-18-7-8-20-41(38)50-48(44(39)32-37)43-21-10-12-25-47(43)54-50/h1-32H. The highest BCUT2D eigenvalue weighted by Crippen LogP contribution is 2.47. The second kappa shape index (κ2) is 12.1. The lowest BCUT2D eigenvalue weighted by Crippen LogP contribution is -2.12. The van der Waals surface area contributed by atoms with E-state index in [9.17, 15) is 0 Å². The van der Waals surface area contributed by atoms with Gasteiger partial charge in [-0.15, -0.1) is 0 Å². The maximum absolute atomic E-state index is 6.68. The van der Waals surface area contributed by atoms with Gasteiger partial charge in [0.25, 0.3) is 0 Å². The van der Waals surface area contributed by atoms with Gasteiger partial charge in [0.2, 0.25) is 0 Å². The molecule has 0 amide bonds. The number of para-hydroxylation sites is 5. The Labute approximate surface area is 311 Å². The molecule has 4 nitrogen and oxygen atoms in total. The first-order valence-electron chi connectivity index (χ1n) is 18.3. The van der Waals surface area contributed by atoms with Crippen LogP contribution in [0, 0.1) is 0 Å². The van der Waals surface area contributed by atoms with Crippen molar-refractivity contribution in [2.45, 2.75) is 0 Å². The van der Waals surface area contributed by atoms with Gasteiger partial charge in [0.15, 0.2) is 5.58 Å². The molecule has 0 atom stereocenters. The molecule has 9 aromatic carbocycles. The van der Waals surface area contributed by atoms with Crippen LogP contribution in [0.15, 0.2) is 203 Å². The maximum atomic E-state index is 6.68. The van der Waals surface area contributed by atoms with Gasteiger partial charge in [-0.25, -0.2) is 0 Å². The summed E-state index contributed by atoms with van der Waals surface area (Å²) in [4.78, 5) is 4.61. The van der Waals surface area contributed by atoms with Gasteiger partial charge in [0.05, 0.1) is 5.69 Å². The summed E-state index contributed by atoms with van der Waals surface area (Å²) in [6.07, 6.45) is 0. The molecule has 2 heterocycles. The molecule has 0 aliphatic carbocycles. The van der Waals surface area contributed by atoms with Crippen LogP contribution in [-0.2, 0) is 0 Å². The van der Waals surface area contributed by atoms with E-state index in [4.69, 9.17) is 8.83 Å². The van der Waals surface area contributed by atoms with E-state index in [0.717, 1.165) is 88.8 Å². The fraction of sp³-hybridized carbons (Fsp3) is 0. The molecule has 0 saturated heterocycles. The zero-order chi connectivity index (χ0) is 35.6. The zero-order valence-electron chi connectivity index (χ0n) is 29.2. The van der Waals surface area contributed by atoms with Crippen molar-refractivity contribution in [3.8, 4) is 0 Å². The second-order valence-corrected chi connectivity index (χ2v) is 13.7. The highest BCUT2D eigenvalue weighted by atomic mass is 16.3. The summed E-state index contributed by atoms with van der Waals surface area (Å²) < 4.78 is 13.3. The summed E-state index contributed by atoms with van der Waals surface area (Å²) in [5.41, 5.74) is 9.77. The Morgan fingerprint density at radius 3 is 1.44 bits per heavy atom. The Morgan fingerprint density at radius 1 is 0.278 bits per heavy atom. The molecule has 0 aliphatic heterocycles. The van der Waals surface area contributed by atoms with E-state index >= 15 is 0 Å². The number of nitrogens with zero attached hydrogens (tertiary/aromatic N) is 2. The van der Waals surface area contributed by atoms with Crippen LogP contribution >= 0.6 is 0 Å². The van der Waals surface area contributed by atoms with Crippen LogP contribution in [0.2, 0.25) is 0 Å². The van der Waals surface area contributed by atoms with Crippen molar-refractivity contribution in [1.29, 1.82) is 0 Å². The minimum absolute atomic E-state index is 0.843. The fourth-order valence-corrected chi connectivity index (χ4v) is 8.22. The lowest BCUT2D eigenvalue weighted by atomic mass is 9.96. The molecule has 0 N–H and O–H groups in total. The largest absolute Gasteiger partial charge is 0.455 e. The average molecular weight is 693 g/mol. The predicted octanol–water partition coefficient (Wildman–Crippen LogP) is 14.7. The predicted molar refractivity (Wildman–Crippen MR) is 225 cm³/mol. The quantitative estimate of drug-likeness (QED) is 0.162. The van der Waals surface area contributed by atoms with Crippen LogP contribution in [0.4, 0.5) is 34.1 Å². The van der Waals surface area contributed by atoms with Crippen LogP contribution < -0.4 is 9.80 Å². The normalized spacial score (nSPS) is 11.7. The smallest absolute Gasteiger partial charge is 0.159 e. The van der Waals surface area contributed by atoms with Crippen molar-refractivity contribution < 1.29 is 8.83 Å². The number of anilines is 6. The lowest BCUT2D eigenvalue weighted by Gasteiger charge is -2.28. The molecule has 0 spiro atoms. The van der Waals surface area contributed by atoms with Gasteiger partial charge in [0.1, 0.15) is 16.7 Å². The van der Waals surface area contributed by atoms with Crippen molar-refractivity contribution in [2.75, 3.05) is 9.80 Å². The summed E-state index contributed by atoms with van der Waals surface area (Å²) in [7, 11) is 0. The van der Waals surface area contributed by atoms with Crippen molar-refractivity contribution in [3.05, 3.63) is 194 Å². The molecule has 2 aromatic heterocycles. The third kappa shape index (κ3) is 4.70. The molecule has 254 valence electrons. The number of furan rings is 2. The molecule has 0 fully saturated rings. The minimum atomic E-state index is 0.843. The number of fused-ring (bicyclic) bond motifs is 11. The van der Waals surface area contributed by atoms with Crippen LogP contribution in [0.1, 0.15) is 0 Å². The Hall–Kier alpha value is -7.30. The summed E-state index contributed by atoms with van der Waals surface area (Å²) in [6, 6.07) is 68.3. The van der Waals surface area contributed by atoms with Gasteiger partial charge in [0, 0.05) is 55.4 Å². The van der Waals surface area contributed by atoms with E-state index in [0.29, 0.717) is 0 Å². The second-order valence-electron chi connectivity index (χ2n) is 13.7. The van der Waals surface area contributed by atoms with Gasteiger partial charge in [-0.1, -0.05) is 115 Å². The summed E-state index contributed by atoms with van der Waals surface area (Å²) >= 11 is 0. The third-order valence-electron chi connectivity index (χ3n) is 10.6. The molecule has 54 heavy (non-hydrogen) atoms. The number of hydrogen-bond donors (Lipinski definition) is 0. The summed E-state index contributed by atoms with van der Waals surface area (Å²) in [5.74, 6) is 0. The van der Waals surface area contributed by atoms with Gasteiger partial charge < -0.3 is 18.6 Å². The zero-order valence-corrected chi connectivity index (χ0v) is 29.2. The van der Waals surface area contributed by atoms with E-state index in [1.54, 1.807) is 0 Å². The molecule has 0 saturated carbocycles. The van der Waals surface area contributed by atoms with E-state index in [1.165, 1.54) is 10.8 Å². The van der Waals surface area contributed by atoms with E-state index in [2.05, 4.69) is 186 Å². The van der Waals surface area contributed by atoms with Crippen molar-refractivity contribution >= 4 is 99.5 Å². The first-order valence-corrected chi connectivity index (χ1v) is 18.3. The number of hydrogen-bond acceptors (Lipinski definition) is 4. The monoisotopic (exact) mass is 692 g/mol. The molecular weight excluding hydrogens is 661 g/mol. The maximum Gasteiger partial charge on any atom is 0.159 e. The molecule has 0 radical (unpaired) electrons. The molecule has 11 rings (SSSR count). The first-order chi connectivity index (χ1) is 26.8. The fourth-order valence-electron chi connectivity index (χ4n) is 8.22. The molecule has 0 unspecified atom stereocenters. The topological polar surface area (TPSA) is 32.8 Å². The minimum Gasteiger partial charge on any atom is -0.455 e. The van der Waals surface area contributed by atoms with Crippen molar-refractivity contribution in [1.82, 2.24) is 0 Å². The third-order valence-corrected chi connectivity index (χ3v) is 10.6. The Balaban J connectivity index is 1.16. The van der Waals surface area contributed by atoms with E-state index < -0.39 is 0 Å². The number of benzene rings is 9. The Bertz CT molecular complexity index is 3120. The van der Waals surface area contributed by atoms with Gasteiger partial charge >= 0.3 is 0 Å². The van der Waals surface area contributed by atoms with Gasteiger partial charge in [-0.05, 0) is 95.0 Å². The summed E-state index contributed by atoms with van der Waals surface area (Å²) in [6.45, 7) is 0. The SMILES string of the molecule is c1ccc(N(c2ccccc2)c2ccc(N(c3ccc4c5ccccc5c5oc6ccccc6c5c4c3)c3cccc4c3oc3ccccc34)cc2)cc1. The highest BCUT2D eigenvalue weighted by molar-refractivity contribution is 6.30. The first kappa shape index (κ1) is 30.3. The summed E-state index contributed by atoms with van der Waals surface area (Å²) in [5, 5.41) is 9.03. The lowest BCUT2D eigenvalue weighted by molar-refractivity contribution is 0.669. The Morgan fingerprint density at radius 2 is 0.741 bits per heavy atom. The van der Waals surface area contributed by atoms with Gasteiger partial charge in [-0.3, -0.25) is 0 Å². The molecule has 0 bridgehead atoms. The van der Waals surface area contributed by atoms with Crippen LogP contribution in [0.25, 0.3) is 65.4 Å². The van der Waals surface area contributed by atoms with Crippen LogP contribution in [-0.4, -0.2) is 0 Å². The number of rotatable bonds is 6. The molecule has 4 heteroatoms. The molecular formula is C50H32N2O2. The molecule has 0 aliphatic rings. The van der Waals surface area contributed by atoms with Crippen molar-refractivity contribution in [3.63, 3.8) is 0 Å². The van der Waals surface area contributed by atoms with Gasteiger partial charge in [-0.2, -0.15) is 0 Å². The van der Waals surface area contributed by atoms with E-state index in [1.807, 2.05) is 18.2 Å².